The van der Waals surface area contributed by atoms with Crippen LogP contribution in [0, 0.1) is 0 Å². The van der Waals surface area contributed by atoms with Crippen LogP contribution in [0.2, 0.25) is 0 Å². The van der Waals surface area contributed by atoms with Crippen LogP contribution >= 0.6 is 0 Å². The van der Waals surface area contributed by atoms with Crippen molar-refractivity contribution in [2.24, 2.45) is 0 Å². The van der Waals surface area contributed by atoms with Gasteiger partial charge < -0.3 is 0 Å². The van der Waals surface area contributed by atoms with E-state index in [1.165, 1.54) is 0 Å². The molecule has 0 aliphatic rings. The van der Waals surface area contributed by atoms with Gasteiger partial charge in [-0.3, -0.25) is 0 Å². The van der Waals surface area contributed by atoms with Crippen molar-refractivity contribution in [3.05, 3.63) is 0 Å². The van der Waals surface area contributed by atoms with Gasteiger partial charge in [0.1, 0.15) is 0 Å². The summed E-state index contributed by atoms with van der Waals surface area (Å²) in [7, 11) is 0. The first kappa shape index (κ1) is 34.4. The van der Waals surface area contributed by atoms with Crippen LogP contribution in [0.15, 0.2) is 0 Å². The van der Waals surface area contributed by atoms with E-state index in [0.717, 1.165) is 0 Å². The summed E-state index contributed by atoms with van der Waals surface area (Å²) in [4.78, 5) is 0. The van der Waals surface area contributed by atoms with Gasteiger partial charge >= 0.3 is 0 Å². The Balaban J connectivity index is 0. The van der Waals surface area contributed by atoms with Crippen LogP contribution < -0.4 is 0 Å². The van der Waals surface area contributed by atoms with E-state index in [-0.39, 0.29) is 71.7 Å². The number of rotatable bonds is 0. The second-order valence-corrected chi connectivity index (χ2v) is 0. The van der Waals surface area contributed by atoms with E-state index in [1.807, 2.05) is 0 Å². The molecule has 0 unspecified atom stereocenters. The Labute approximate surface area is 71.0 Å². The molecular formula is CuFeMoNi. The van der Waals surface area contributed by atoms with Crippen LogP contribution in [0.25, 0.3) is 0 Å². The maximum absolute atomic E-state index is 0. The standard InChI is InChI=1S/Cu.Fe.Mo.Ni. The summed E-state index contributed by atoms with van der Waals surface area (Å²) >= 11 is 0. The molecule has 0 amide bonds. The fourth-order valence-corrected chi connectivity index (χ4v) is 0. The van der Waals surface area contributed by atoms with Crippen LogP contribution in [0.3, 0.4) is 0 Å². The van der Waals surface area contributed by atoms with Gasteiger partial charge in [-0.1, -0.05) is 0 Å². The van der Waals surface area contributed by atoms with Crippen LogP contribution in [0.5, 0.6) is 0 Å². The molecule has 1 radical (unpaired) electrons. The monoisotopic (exact) mass is 275 g/mol. The normalized spacial score (nSPS) is 0. The third-order valence-corrected chi connectivity index (χ3v) is 0. The molecular weight excluding hydrogens is 274 g/mol. The molecule has 0 rings (SSSR count). The van der Waals surface area contributed by atoms with Crippen molar-refractivity contribution < 1.29 is 71.7 Å². The van der Waals surface area contributed by atoms with Gasteiger partial charge in [-0.15, -0.1) is 0 Å². The van der Waals surface area contributed by atoms with E-state index in [1.54, 1.807) is 0 Å². The van der Waals surface area contributed by atoms with Gasteiger partial charge in [0.15, 0.2) is 0 Å². The molecule has 0 N–H and O–H groups in total. The zero-order chi connectivity index (χ0) is 0. The molecule has 4 heteroatoms. The number of hydrogen-bond donors (Lipinski definition) is 0. The van der Waals surface area contributed by atoms with Gasteiger partial charge in [0, 0.05) is 71.7 Å². The third-order valence-electron chi connectivity index (χ3n) is 0. The Hall–Kier alpha value is 2.22. The molecule has 35 valence electrons. The van der Waals surface area contributed by atoms with Crippen LogP contribution in [-0.4, -0.2) is 0 Å². The van der Waals surface area contributed by atoms with Crippen molar-refractivity contribution >= 4 is 0 Å². The molecule has 0 heterocycles. The molecule has 0 spiro atoms. The molecule has 0 fully saturated rings. The van der Waals surface area contributed by atoms with E-state index in [0.29, 0.717) is 0 Å². The summed E-state index contributed by atoms with van der Waals surface area (Å²) in [6.45, 7) is 0. The minimum absolute atomic E-state index is 0. The molecule has 4 heavy (non-hydrogen) atoms. The zero-order valence-electron chi connectivity index (χ0n) is 1.38. The summed E-state index contributed by atoms with van der Waals surface area (Å²) in [6.07, 6.45) is 0. The zero-order valence-corrected chi connectivity index (χ0v) is 6.42. The third kappa shape index (κ3) is 8.88. The van der Waals surface area contributed by atoms with Gasteiger partial charge in [-0.2, -0.15) is 0 Å². The van der Waals surface area contributed by atoms with Crippen molar-refractivity contribution in [2.75, 3.05) is 0 Å². The van der Waals surface area contributed by atoms with E-state index in [4.69, 9.17) is 0 Å². The second-order valence-electron chi connectivity index (χ2n) is 0. The number of hydrogen-bond acceptors (Lipinski definition) is 0. The molecule has 0 bridgehead atoms. The van der Waals surface area contributed by atoms with Gasteiger partial charge in [-0.25, -0.2) is 0 Å². The molecule has 0 nitrogen and oxygen atoms in total. The Morgan fingerprint density at radius 3 is 1.00 bits per heavy atom. The summed E-state index contributed by atoms with van der Waals surface area (Å²) in [5.41, 5.74) is 0. The Morgan fingerprint density at radius 1 is 1.00 bits per heavy atom. The van der Waals surface area contributed by atoms with E-state index < -0.39 is 0 Å². The topological polar surface area (TPSA) is 0 Å². The molecule has 0 saturated heterocycles. The van der Waals surface area contributed by atoms with Crippen molar-refractivity contribution in [3.8, 4) is 0 Å². The van der Waals surface area contributed by atoms with E-state index in [9.17, 15) is 0 Å². The minimum Gasteiger partial charge on any atom is 0 e. The van der Waals surface area contributed by atoms with Gasteiger partial charge in [0.05, 0.1) is 0 Å². The molecule has 0 aromatic rings. The van der Waals surface area contributed by atoms with E-state index >= 15 is 0 Å². The average molecular weight is 274 g/mol. The van der Waals surface area contributed by atoms with Crippen molar-refractivity contribution in [1.82, 2.24) is 0 Å². The quantitative estimate of drug-likeness (QED) is 0.545. The van der Waals surface area contributed by atoms with Crippen molar-refractivity contribution in [2.45, 2.75) is 0 Å². The minimum atomic E-state index is 0. The van der Waals surface area contributed by atoms with Crippen LogP contribution in [0.4, 0.5) is 0 Å². The largest absolute Gasteiger partial charge is 0 e. The predicted molar refractivity (Wildman–Crippen MR) is 0 cm³/mol. The molecule has 0 saturated carbocycles. The Kier molecular flexibility index (Phi) is 162. The molecule has 0 aliphatic heterocycles. The van der Waals surface area contributed by atoms with Gasteiger partial charge in [0.2, 0.25) is 0 Å². The average Bonchev–Trinajstić information content (AvgIpc) is 0. The smallest absolute Gasteiger partial charge is 0 e. The van der Waals surface area contributed by atoms with Crippen molar-refractivity contribution in [1.29, 1.82) is 0 Å². The summed E-state index contributed by atoms with van der Waals surface area (Å²) in [5, 5.41) is 0. The van der Waals surface area contributed by atoms with Crippen LogP contribution in [0.1, 0.15) is 0 Å². The summed E-state index contributed by atoms with van der Waals surface area (Å²) in [5.74, 6) is 0. The first-order chi connectivity index (χ1) is 0. The fraction of sp³-hybridized carbons (Fsp3) is 0. The summed E-state index contributed by atoms with van der Waals surface area (Å²) in [6, 6.07) is 0. The van der Waals surface area contributed by atoms with Gasteiger partial charge in [0.25, 0.3) is 0 Å². The first-order valence-corrected chi connectivity index (χ1v) is 0. The van der Waals surface area contributed by atoms with E-state index in [2.05, 4.69) is 0 Å². The fourth-order valence-electron chi connectivity index (χ4n) is 0. The molecule has 0 aliphatic carbocycles. The molecule has 0 atom stereocenters. The second kappa shape index (κ2) is 18.9. The Bertz CT molecular complexity index is 8.00. The SMILES string of the molecule is [Cu].[Fe].[Mo].[Ni]. The Morgan fingerprint density at radius 2 is 1.00 bits per heavy atom. The van der Waals surface area contributed by atoms with Crippen molar-refractivity contribution in [3.63, 3.8) is 0 Å². The maximum Gasteiger partial charge on any atom is 0 e. The molecule has 0 aromatic heterocycles. The van der Waals surface area contributed by atoms with Gasteiger partial charge in [-0.05, 0) is 0 Å². The first-order valence-electron chi connectivity index (χ1n) is 0. The summed E-state index contributed by atoms with van der Waals surface area (Å²) < 4.78 is 0. The molecule has 0 aromatic carbocycles. The van der Waals surface area contributed by atoms with Crippen LogP contribution in [-0.2, 0) is 71.7 Å². The maximum atomic E-state index is 0. The predicted octanol–water partition coefficient (Wildman–Crippen LogP) is -0.0100.